The van der Waals surface area contributed by atoms with Crippen molar-refractivity contribution in [3.05, 3.63) is 88.3 Å². The number of nitrogens with one attached hydrogen (secondary N) is 1. The first-order valence-corrected chi connectivity index (χ1v) is 9.48. The highest BCUT2D eigenvalue weighted by molar-refractivity contribution is 5.92. The van der Waals surface area contributed by atoms with E-state index in [1.54, 1.807) is 6.07 Å². The molecule has 0 saturated carbocycles. The highest BCUT2D eigenvalue weighted by Crippen LogP contribution is 2.23. The van der Waals surface area contributed by atoms with Crippen molar-refractivity contribution in [2.75, 3.05) is 12.4 Å². The van der Waals surface area contributed by atoms with Gasteiger partial charge in [0, 0.05) is 43.2 Å². The lowest BCUT2D eigenvalue weighted by atomic mass is 10.1. The van der Waals surface area contributed by atoms with Gasteiger partial charge in [-0.15, -0.1) is 0 Å². The summed E-state index contributed by atoms with van der Waals surface area (Å²) in [7, 11) is 2.03. The molecule has 1 heterocycles. The van der Waals surface area contributed by atoms with Crippen LogP contribution in [0.1, 0.15) is 18.1 Å². The van der Waals surface area contributed by atoms with Crippen molar-refractivity contribution in [3.8, 4) is 0 Å². The molecule has 4 aromatic rings. The van der Waals surface area contributed by atoms with Crippen molar-refractivity contribution in [2.24, 2.45) is 0 Å². The number of fused-ring (bicyclic) bond motifs is 2. The third-order valence-electron chi connectivity index (χ3n) is 4.86. The van der Waals surface area contributed by atoms with Crippen molar-refractivity contribution in [1.29, 1.82) is 0 Å². The summed E-state index contributed by atoms with van der Waals surface area (Å²) in [5, 5.41) is 6.02. The van der Waals surface area contributed by atoms with Gasteiger partial charge in [-0.1, -0.05) is 36.4 Å². The number of hydrogen-bond donors (Lipinski definition) is 1. The first-order chi connectivity index (χ1) is 14.0. The molecule has 29 heavy (non-hydrogen) atoms. The summed E-state index contributed by atoms with van der Waals surface area (Å²) in [5.41, 5.74) is 2.79. The Balaban J connectivity index is 1.58. The van der Waals surface area contributed by atoms with Crippen LogP contribution < -0.4 is 10.9 Å². The summed E-state index contributed by atoms with van der Waals surface area (Å²) in [6.45, 7) is 2.81. The third kappa shape index (κ3) is 4.36. The minimum atomic E-state index is -0.397. The van der Waals surface area contributed by atoms with Crippen LogP contribution in [0.15, 0.2) is 75.9 Å². The van der Waals surface area contributed by atoms with Crippen LogP contribution in [0.4, 0.5) is 5.69 Å². The first kappa shape index (κ1) is 18.9. The summed E-state index contributed by atoms with van der Waals surface area (Å²) in [6.07, 6.45) is 0. The second-order valence-corrected chi connectivity index (χ2v) is 7.34. The Morgan fingerprint density at radius 2 is 1.76 bits per heavy atom. The average Bonchev–Trinajstić information content (AvgIpc) is 2.67. The number of amides is 1. The van der Waals surface area contributed by atoms with E-state index in [0.29, 0.717) is 17.8 Å². The van der Waals surface area contributed by atoms with Crippen molar-refractivity contribution >= 4 is 33.3 Å². The monoisotopic (exact) mass is 386 g/mol. The number of anilines is 1. The van der Waals surface area contributed by atoms with E-state index in [2.05, 4.69) is 40.5 Å². The third-order valence-corrected chi connectivity index (χ3v) is 4.86. The normalized spacial score (nSPS) is 11.3. The van der Waals surface area contributed by atoms with Gasteiger partial charge in [0.05, 0.1) is 0 Å². The van der Waals surface area contributed by atoms with Gasteiger partial charge < -0.3 is 9.73 Å². The van der Waals surface area contributed by atoms with Crippen LogP contribution in [-0.2, 0) is 17.9 Å². The highest BCUT2D eigenvalue weighted by Gasteiger charge is 2.10. The Kier molecular flexibility index (Phi) is 5.14. The lowest BCUT2D eigenvalue weighted by molar-refractivity contribution is -0.114. The van der Waals surface area contributed by atoms with Gasteiger partial charge in [0.15, 0.2) is 0 Å². The fraction of sp³-hybridized carbons (Fsp3) is 0.167. The van der Waals surface area contributed by atoms with Gasteiger partial charge >= 0.3 is 5.63 Å². The molecular formula is C24H22N2O3. The van der Waals surface area contributed by atoms with Gasteiger partial charge in [-0.2, -0.15) is 0 Å². The average molecular weight is 386 g/mol. The predicted octanol–water partition coefficient (Wildman–Crippen LogP) is 4.54. The predicted molar refractivity (Wildman–Crippen MR) is 116 cm³/mol. The summed E-state index contributed by atoms with van der Waals surface area (Å²) >= 11 is 0. The van der Waals surface area contributed by atoms with Crippen molar-refractivity contribution in [3.63, 3.8) is 0 Å². The van der Waals surface area contributed by atoms with Crippen LogP contribution in [0.5, 0.6) is 0 Å². The van der Waals surface area contributed by atoms with E-state index in [-0.39, 0.29) is 5.91 Å². The number of nitrogens with zero attached hydrogens (tertiary/aromatic N) is 1. The zero-order valence-corrected chi connectivity index (χ0v) is 16.4. The molecule has 0 saturated heterocycles. The van der Waals surface area contributed by atoms with Gasteiger partial charge in [0.25, 0.3) is 0 Å². The summed E-state index contributed by atoms with van der Waals surface area (Å²) < 4.78 is 5.35. The fourth-order valence-electron chi connectivity index (χ4n) is 3.64. The minimum absolute atomic E-state index is 0.169. The number of carbonyl (C=O) groups is 1. The second-order valence-electron chi connectivity index (χ2n) is 7.34. The molecule has 1 amide bonds. The number of rotatable bonds is 5. The Morgan fingerprint density at radius 3 is 2.55 bits per heavy atom. The molecule has 4 rings (SSSR count). The molecule has 0 fully saturated rings. The van der Waals surface area contributed by atoms with Crippen LogP contribution >= 0.6 is 0 Å². The molecule has 5 heteroatoms. The maximum absolute atomic E-state index is 12.1. The van der Waals surface area contributed by atoms with Crippen LogP contribution in [0, 0.1) is 0 Å². The van der Waals surface area contributed by atoms with Gasteiger partial charge in [0.2, 0.25) is 5.91 Å². The van der Waals surface area contributed by atoms with E-state index in [1.807, 2.05) is 31.3 Å². The van der Waals surface area contributed by atoms with E-state index < -0.39 is 5.63 Å². The molecule has 0 unspecified atom stereocenters. The van der Waals surface area contributed by atoms with Gasteiger partial charge in [-0.3, -0.25) is 9.69 Å². The molecule has 0 radical (unpaired) electrons. The molecule has 0 aliphatic heterocycles. The van der Waals surface area contributed by atoms with Gasteiger partial charge in [-0.25, -0.2) is 4.79 Å². The zero-order chi connectivity index (χ0) is 20.4. The molecule has 1 aromatic heterocycles. The molecule has 5 nitrogen and oxygen atoms in total. The zero-order valence-electron chi connectivity index (χ0n) is 16.4. The Labute approximate surface area is 168 Å². The molecule has 146 valence electrons. The van der Waals surface area contributed by atoms with Crippen molar-refractivity contribution < 1.29 is 9.21 Å². The first-order valence-electron chi connectivity index (χ1n) is 9.48. The van der Waals surface area contributed by atoms with Crippen LogP contribution in [-0.4, -0.2) is 17.9 Å². The molecule has 0 atom stereocenters. The summed E-state index contributed by atoms with van der Waals surface area (Å²) in [5.74, 6) is -0.169. The Hall–Kier alpha value is -3.44. The maximum Gasteiger partial charge on any atom is 0.336 e. The molecule has 1 N–H and O–H groups in total. The fourth-order valence-corrected chi connectivity index (χ4v) is 3.64. The lowest BCUT2D eigenvalue weighted by Crippen LogP contribution is -2.18. The van der Waals surface area contributed by atoms with E-state index in [0.717, 1.165) is 17.5 Å². The summed E-state index contributed by atoms with van der Waals surface area (Å²) in [6, 6.07) is 21.7. The van der Waals surface area contributed by atoms with E-state index in [4.69, 9.17) is 4.42 Å². The smallest absolute Gasteiger partial charge is 0.336 e. The highest BCUT2D eigenvalue weighted by atomic mass is 16.4. The largest absolute Gasteiger partial charge is 0.423 e. The molecular weight excluding hydrogens is 364 g/mol. The SMILES string of the molecule is CC(=O)Nc1ccc2c(CN(C)Cc3ccc4ccccc4c3)cc(=O)oc2c1. The summed E-state index contributed by atoms with van der Waals surface area (Å²) in [4.78, 5) is 25.5. The minimum Gasteiger partial charge on any atom is -0.423 e. The van der Waals surface area contributed by atoms with Crippen LogP contribution in [0.2, 0.25) is 0 Å². The van der Waals surface area contributed by atoms with E-state index in [9.17, 15) is 9.59 Å². The molecule has 0 aliphatic rings. The quantitative estimate of drug-likeness (QED) is 0.512. The standard InChI is InChI=1S/C24H22N2O3/c1-16(27)25-21-9-10-22-20(12-24(28)29-23(22)13-21)15-26(2)14-17-7-8-18-5-3-4-6-19(18)11-17/h3-13H,14-15H2,1-2H3,(H,25,27). The van der Waals surface area contributed by atoms with Gasteiger partial charge in [-0.05, 0) is 47.1 Å². The van der Waals surface area contributed by atoms with Gasteiger partial charge in [0.1, 0.15) is 5.58 Å². The second kappa shape index (κ2) is 7.89. The van der Waals surface area contributed by atoms with E-state index in [1.165, 1.54) is 29.3 Å². The molecule has 0 bridgehead atoms. The van der Waals surface area contributed by atoms with E-state index >= 15 is 0 Å². The molecule has 0 aliphatic carbocycles. The van der Waals surface area contributed by atoms with Crippen molar-refractivity contribution in [2.45, 2.75) is 20.0 Å². The van der Waals surface area contributed by atoms with Crippen LogP contribution in [0.3, 0.4) is 0 Å². The maximum atomic E-state index is 12.1. The topological polar surface area (TPSA) is 62.6 Å². The number of benzene rings is 3. The molecule has 3 aromatic carbocycles. The van der Waals surface area contributed by atoms with Crippen LogP contribution in [0.25, 0.3) is 21.7 Å². The number of hydrogen-bond acceptors (Lipinski definition) is 4. The Bertz CT molecular complexity index is 1260. The lowest BCUT2D eigenvalue weighted by Gasteiger charge is -2.18. The number of carbonyl (C=O) groups excluding carboxylic acids is 1. The van der Waals surface area contributed by atoms with Crippen molar-refractivity contribution in [1.82, 2.24) is 4.90 Å². The molecule has 0 spiro atoms. The Morgan fingerprint density at radius 1 is 0.966 bits per heavy atom.